The maximum absolute atomic E-state index is 12.4. The number of benzene rings is 3. The van der Waals surface area contributed by atoms with Gasteiger partial charge in [-0.15, -0.1) is 0 Å². The Kier molecular flexibility index (Phi) is 3.06. The first kappa shape index (κ1) is 14.7. The van der Waals surface area contributed by atoms with Crippen LogP contribution in [0.1, 0.15) is 15.9 Å². The highest BCUT2D eigenvalue weighted by atomic mass is 16.5. The summed E-state index contributed by atoms with van der Waals surface area (Å²) in [5.41, 5.74) is 3.50. The molecule has 0 spiro atoms. The molecule has 5 rings (SSSR count). The lowest BCUT2D eigenvalue weighted by Gasteiger charge is -2.35. The van der Waals surface area contributed by atoms with E-state index in [1.807, 2.05) is 65.6 Å². The average molecular weight is 339 g/mol. The molecule has 1 heterocycles. The molecule has 3 aromatic rings. The lowest BCUT2D eigenvalue weighted by Crippen LogP contribution is -2.27. The van der Waals surface area contributed by atoms with Crippen molar-refractivity contribution in [1.29, 1.82) is 0 Å². The van der Waals surface area contributed by atoms with Gasteiger partial charge in [0.15, 0.2) is 11.5 Å². The number of rotatable bonds is 1. The fourth-order valence-electron chi connectivity index (χ4n) is 3.45. The van der Waals surface area contributed by atoms with Crippen molar-refractivity contribution in [1.82, 2.24) is 0 Å². The molecular formula is C22H13NO3. The van der Waals surface area contributed by atoms with Gasteiger partial charge in [0.05, 0.1) is 17.1 Å². The lowest BCUT2D eigenvalue weighted by molar-refractivity contribution is -0.111. The molecule has 0 unspecified atom stereocenters. The smallest absolute Gasteiger partial charge is 0.233 e. The first-order valence-corrected chi connectivity index (χ1v) is 8.30. The second-order valence-corrected chi connectivity index (χ2v) is 6.14. The van der Waals surface area contributed by atoms with Crippen LogP contribution in [0.25, 0.3) is 5.70 Å². The van der Waals surface area contributed by atoms with Crippen molar-refractivity contribution in [3.63, 3.8) is 0 Å². The van der Waals surface area contributed by atoms with Crippen LogP contribution in [0.4, 0.5) is 11.4 Å². The number of para-hydroxylation sites is 4. The average Bonchev–Trinajstić information content (AvgIpc) is 2.69. The van der Waals surface area contributed by atoms with Gasteiger partial charge in [0.25, 0.3) is 0 Å². The highest BCUT2D eigenvalue weighted by Crippen LogP contribution is 2.50. The Morgan fingerprint density at radius 1 is 0.654 bits per heavy atom. The van der Waals surface area contributed by atoms with E-state index in [0.717, 1.165) is 16.9 Å². The van der Waals surface area contributed by atoms with Gasteiger partial charge in [-0.3, -0.25) is 9.59 Å². The molecular weight excluding hydrogens is 326 g/mol. The van der Waals surface area contributed by atoms with E-state index in [9.17, 15) is 9.59 Å². The van der Waals surface area contributed by atoms with Gasteiger partial charge in [-0.1, -0.05) is 48.5 Å². The maximum Gasteiger partial charge on any atom is 0.233 e. The third-order valence-electron chi connectivity index (χ3n) is 4.61. The number of ketones is 2. The van der Waals surface area contributed by atoms with Gasteiger partial charge in [0.1, 0.15) is 0 Å². The molecule has 0 saturated heterocycles. The first-order chi connectivity index (χ1) is 12.7. The summed E-state index contributed by atoms with van der Waals surface area (Å²) in [6.07, 6.45) is 1.42. The van der Waals surface area contributed by atoms with Gasteiger partial charge in [-0.25, -0.2) is 0 Å². The van der Waals surface area contributed by atoms with Crippen molar-refractivity contribution in [2.75, 3.05) is 4.90 Å². The number of fused-ring (bicyclic) bond motifs is 3. The molecule has 0 bridgehead atoms. The zero-order valence-corrected chi connectivity index (χ0v) is 13.7. The molecule has 0 saturated carbocycles. The first-order valence-electron chi connectivity index (χ1n) is 8.30. The zero-order valence-electron chi connectivity index (χ0n) is 13.7. The van der Waals surface area contributed by atoms with Crippen LogP contribution in [0.3, 0.4) is 0 Å². The summed E-state index contributed by atoms with van der Waals surface area (Å²) < 4.78 is 6.01. The topological polar surface area (TPSA) is 46.6 Å². The Labute approximate surface area is 150 Å². The number of carbonyl (C=O) groups is 2. The van der Waals surface area contributed by atoms with Crippen molar-refractivity contribution in [2.45, 2.75) is 0 Å². The van der Waals surface area contributed by atoms with Gasteiger partial charge in [0.2, 0.25) is 11.6 Å². The number of hydrogen-bond acceptors (Lipinski definition) is 4. The molecule has 0 radical (unpaired) electrons. The lowest BCUT2D eigenvalue weighted by atomic mass is 9.91. The molecule has 124 valence electrons. The number of ether oxygens (including phenoxy) is 1. The Bertz CT molecular complexity index is 1070. The Hall–Kier alpha value is -3.66. The van der Waals surface area contributed by atoms with Gasteiger partial charge in [-0.05, 0) is 24.3 Å². The molecule has 0 aromatic heterocycles. The summed E-state index contributed by atoms with van der Waals surface area (Å²) in [5.74, 6) is 0.419. The van der Waals surface area contributed by atoms with Crippen LogP contribution in [0.15, 0.2) is 78.9 Å². The maximum atomic E-state index is 12.4. The van der Waals surface area contributed by atoms with Crippen LogP contribution >= 0.6 is 0 Å². The van der Waals surface area contributed by atoms with E-state index in [1.165, 1.54) is 6.08 Å². The number of Topliss-reactive ketones (excluding diaryl/α,β-unsaturated/α-hetero) is 1. The molecule has 0 amide bonds. The van der Waals surface area contributed by atoms with Crippen LogP contribution in [0, 0.1) is 0 Å². The molecule has 0 atom stereocenters. The van der Waals surface area contributed by atoms with Crippen molar-refractivity contribution in [2.24, 2.45) is 0 Å². The summed E-state index contributed by atoms with van der Waals surface area (Å²) >= 11 is 0. The molecule has 1 aliphatic carbocycles. The SMILES string of the molecule is O=C1C=C(N2c3ccccc3Oc3ccccc32)c2ccccc2C1=O. The zero-order chi connectivity index (χ0) is 17.7. The van der Waals surface area contributed by atoms with Crippen LogP contribution in [-0.4, -0.2) is 11.6 Å². The quantitative estimate of drug-likeness (QED) is 0.601. The molecule has 4 heteroatoms. The predicted molar refractivity (Wildman–Crippen MR) is 98.9 cm³/mol. The van der Waals surface area contributed by atoms with Crippen LogP contribution < -0.4 is 9.64 Å². The van der Waals surface area contributed by atoms with Gasteiger partial charge >= 0.3 is 0 Å². The minimum absolute atomic E-state index is 0.427. The Balaban J connectivity index is 1.80. The molecule has 3 aromatic carbocycles. The number of allylic oxidation sites excluding steroid dienone is 1. The molecule has 1 aliphatic heterocycles. The summed E-state index contributed by atoms with van der Waals surface area (Å²) in [6.45, 7) is 0. The summed E-state index contributed by atoms with van der Waals surface area (Å²) in [5, 5.41) is 0. The summed E-state index contributed by atoms with van der Waals surface area (Å²) in [6, 6.07) is 22.5. The standard InChI is InChI=1S/C22H13NO3/c24-19-13-18(14-7-1-2-8-15(14)22(19)25)23-16-9-3-5-11-20(16)26-21-12-6-4-10-17(21)23/h1-13H. The van der Waals surface area contributed by atoms with E-state index in [1.54, 1.807) is 12.1 Å². The summed E-state index contributed by atoms with van der Waals surface area (Å²) in [4.78, 5) is 26.6. The van der Waals surface area contributed by atoms with Crippen LogP contribution in [0.5, 0.6) is 11.5 Å². The fraction of sp³-hybridized carbons (Fsp3) is 0. The highest BCUT2D eigenvalue weighted by Gasteiger charge is 2.33. The van der Waals surface area contributed by atoms with Crippen LogP contribution in [0.2, 0.25) is 0 Å². The number of anilines is 2. The van der Waals surface area contributed by atoms with E-state index >= 15 is 0 Å². The molecule has 0 N–H and O–H groups in total. The van der Waals surface area contributed by atoms with Crippen molar-refractivity contribution in [3.8, 4) is 11.5 Å². The molecule has 2 aliphatic rings. The van der Waals surface area contributed by atoms with Crippen molar-refractivity contribution >= 4 is 28.6 Å². The number of nitrogens with zero attached hydrogens (tertiary/aromatic N) is 1. The molecule has 0 fully saturated rings. The van der Waals surface area contributed by atoms with Crippen LogP contribution in [-0.2, 0) is 4.79 Å². The van der Waals surface area contributed by atoms with Gasteiger partial charge in [0, 0.05) is 17.2 Å². The minimum atomic E-state index is -0.514. The van der Waals surface area contributed by atoms with Gasteiger partial charge < -0.3 is 9.64 Å². The van der Waals surface area contributed by atoms with E-state index in [4.69, 9.17) is 4.74 Å². The molecule has 26 heavy (non-hydrogen) atoms. The van der Waals surface area contributed by atoms with E-state index in [0.29, 0.717) is 22.8 Å². The largest absolute Gasteiger partial charge is 0.453 e. The predicted octanol–water partition coefficient (Wildman–Crippen LogP) is 4.74. The third-order valence-corrected chi connectivity index (χ3v) is 4.61. The number of carbonyl (C=O) groups excluding carboxylic acids is 2. The monoisotopic (exact) mass is 339 g/mol. The fourth-order valence-corrected chi connectivity index (χ4v) is 3.45. The minimum Gasteiger partial charge on any atom is -0.453 e. The third kappa shape index (κ3) is 2.02. The Morgan fingerprint density at radius 2 is 1.19 bits per heavy atom. The Morgan fingerprint density at radius 3 is 1.85 bits per heavy atom. The normalized spacial score (nSPS) is 14.8. The van der Waals surface area contributed by atoms with E-state index in [2.05, 4.69) is 0 Å². The van der Waals surface area contributed by atoms with Gasteiger partial charge in [-0.2, -0.15) is 0 Å². The van der Waals surface area contributed by atoms with Crippen molar-refractivity contribution < 1.29 is 14.3 Å². The van der Waals surface area contributed by atoms with E-state index in [-0.39, 0.29) is 0 Å². The summed E-state index contributed by atoms with van der Waals surface area (Å²) in [7, 11) is 0. The van der Waals surface area contributed by atoms with E-state index < -0.39 is 11.6 Å². The van der Waals surface area contributed by atoms with Crippen molar-refractivity contribution in [3.05, 3.63) is 90.0 Å². The second-order valence-electron chi connectivity index (χ2n) is 6.14. The second kappa shape index (κ2) is 5.43. The molecule has 4 nitrogen and oxygen atoms in total. The highest BCUT2D eigenvalue weighted by molar-refractivity contribution is 6.51. The number of hydrogen-bond donors (Lipinski definition) is 0.